The van der Waals surface area contributed by atoms with Crippen molar-refractivity contribution in [2.24, 2.45) is 0 Å². The van der Waals surface area contributed by atoms with Crippen molar-refractivity contribution in [1.29, 1.82) is 0 Å². The summed E-state index contributed by atoms with van der Waals surface area (Å²) in [7, 11) is 1.62. The van der Waals surface area contributed by atoms with Crippen LogP contribution in [0.15, 0.2) is 18.2 Å². The average molecular weight is 276 g/mol. The second-order valence-electron chi connectivity index (χ2n) is 5.51. The number of hydrogen-bond acceptors (Lipinski definition) is 3. The zero-order valence-corrected chi connectivity index (χ0v) is 12.6. The molecular weight excluding hydrogens is 252 g/mol. The molecule has 110 valence electrons. The van der Waals surface area contributed by atoms with Gasteiger partial charge in [-0.3, -0.25) is 4.79 Å². The van der Waals surface area contributed by atoms with Crippen LogP contribution in [-0.4, -0.2) is 44.1 Å². The fraction of sp³-hybridized carbons (Fsp3) is 0.562. The molecule has 1 saturated heterocycles. The maximum Gasteiger partial charge on any atom is 0.257 e. The van der Waals surface area contributed by atoms with Crippen LogP contribution in [-0.2, 0) is 0 Å². The minimum Gasteiger partial charge on any atom is -0.496 e. The largest absolute Gasteiger partial charge is 0.496 e. The minimum absolute atomic E-state index is 0.0769. The Morgan fingerprint density at radius 2 is 2.10 bits per heavy atom. The van der Waals surface area contributed by atoms with Gasteiger partial charge >= 0.3 is 0 Å². The predicted molar refractivity (Wildman–Crippen MR) is 80.5 cm³/mol. The molecule has 20 heavy (non-hydrogen) atoms. The first-order chi connectivity index (χ1) is 9.63. The lowest BCUT2D eigenvalue weighted by atomic mass is 9.99. The van der Waals surface area contributed by atoms with Crippen molar-refractivity contribution in [3.63, 3.8) is 0 Å². The van der Waals surface area contributed by atoms with Gasteiger partial charge in [0.15, 0.2) is 0 Å². The highest BCUT2D eigenvalue weighted by Crippen LogP contribution is 2.25. The summed E-state index contributed by atoms with van der Waals surface area (Å²) in [6, 6.07) is 5.91. The van der Waals surface area contributed by atoms with Crippen molar-refractivity contribution < 1.29 is 9.53 Å². The van der Waals surface area contributed by atoms with Crippen molar-refractivity contribution in [2.45, 2.75) is 26.2 Å². The van der Waals surface area contributed by atoms with Crippen molar-refractivity contribution >= 4 is 5.91 Å². The standard InChI is InChI=1S/C16H24N2O2/c1-12(2)13-5-6-15(20-3)14(11-13)16(19)18-9-4-7-17-8-10-18/h5-6,11-12,17H,4,7-10H2,1-3H3. The van der Waals surface area contributed by atoms with Gasteiger partial charge in [0.1, 0.15) is 5.75 Å². The van der Waals surface area contributed by atoms with Crippen LogP contribution in [0.5, 0.6) is 5.75 Å². The van der Waals surface area contributed by atoms with Crippen LogP contribution in [0, 0.1) is 0 Å². The fourth-order valence-electron chi connectivity index (χ4n) is 2.47. The molecular formula is C16H24N2O2. The molecule has 0 saturated carbocycles. The Bertz CT molecular complexity index is 464. The van der Waals surface area contributed by atoms with Gasteiger partial charge in [-0.1, -0.05) is 19.9 Å². The van der Waals surface area contributed by atoms with Crippen LogP contribution < -0.4 is 10.1 Å². The molecule has 1 heterocycles. The molecule has 0 bridgehead atoms. The van der Waals surface area contributed by atoms with E-state index in [9.17, 15) is 4.79 Å². The minimum atomic E-state index is 0.0769. The zero-order valence-electron chi connectivity index (χ0n) is 12.6. The van der Waals surface area contributed by atoms with Gasteiger partial charge in [-0.05, 0) is 36.6 Å². The van der Waals surface area contributed by atoms with Crippen LogP contribution in [0.1, 0.15) is 42.1 Å². The molecule has 0 radical (unpaired) electrons. The van der Waals surface area contributed by atoms with Crippen LogP contribution in [0.2, 0.25) is 0 Å². The smallest absolute Gasteiger partial charge is 0.257 e. The molecule has 0 atom stereocenters. The van der Waals surface area contributed by atoms with E-state index in [0.717, 1.165) is 32.6 Å². The number of carbonyl (C=O) groups is 1. The van der Waals surface area contributed by atoms with Gasteiger partial charge in [-0.25, -0.2) is 0 Å². The Morgan fingerprint density at radius 3 is 2.80 bits per heavy atom. The topological polar surface area (TPSA) is 41.6 Å². The summed E-state index contributed by atoms with van der Waals surface area (Å²) in [6.07, 6.45) is 0.998. The summed E-state index contributed by atoms with van der Waals surface area (Å²) in [5, 5.41) is 3.32. The second-order valence-corrected chi connectivity index (χ2v) is 5.51. The Labute approximate surface area is 121 Å². The number of benzene rings is 1. The molecule has 0 unspecified atom stereocenters. The normalized spacial score (nSPS) is 16.1. The molecule has 1 aliphatic rings. The van der Waals surface area contributed by atoms with Gasteiger partial charge in [0, 0.05) is 19.6 Å². The van der Waals surface area contributed by atoms with E-state index in [1.54, 1.807) is 7.11 Å². The van der Waals surface area contributed by atoms with Crippen molar-refractivity contribution in [1.82, 2.24) is 10.2 Å². The quantitative estimate of drug-likeness (QED) is 0.920. The highest BCUT2D eigenvalue weighted by Gasteiger charge is 2.21. The summed E-state index contributed by atoms with van der Waals surface area (Å²) >= 11 is 0. The average Bonchev–Trinajstić information content (AvgIpc) is 2.74. The first-order valence-corrected chi connectivity index (χ1v) is 7.31. The molecule has 0 aliphatic carbocycles. The highest BCUT2D eigenvalue weighted by atomic mass is 16.5. The summed E-state index contributed by atoms with van der Waals surface area (Å²) in [4.78, 5) is 14.6. The van der Waals surface area contributed by atoms with E-state index in [1.807, 2.05) is 23.1 Å². The number of nitrogens with one attached hydrogen (secondary N) is 1. The van der Waals surface area contributed by atoms with E-state index in [0.29, 0.717) is 17.2 Å². The molecule has 4 heteroatoms. The molecule has 1 aliphatic heterocycles. The third-order valence-electron chi connectivity index (χ3n) is 3.75. The molecule has 1 N–H and O–H groups in total. The summed E-state index contributed by atoms with van der Waals surface area (Å²) < 4.78 is 5.36. The number of methoxy groups -OCH3 is 1. The Kier molecular flexibility index (Phi) is 5.01. The number of carbonyl (C=O) groups excluding carboxylic acids is 1. The van der Waals surface area contributed by atoms with Crippen molar-refractivity contribution in [3.05, 3.63) is 29.3 Å². The Hall–Kier alpha value is -1.55. The molecule has 0 spiro atoms. The Balaban J connectivity index is 2.28. The van der Waals surface area contributed by atoms with Gasteiger partial charge in [0.25, 0.3) is 5.91 Å². The number of ether oxygens (including phenoxy) is 1. The van der Waals surface area contributed by atoms with E-state index in [4.69, 9.17) is 4.74 Å². The molecule has 1 aromatic carbocycles. The van der Waals surface area contributed by atoms with Gasteiger partial charge < -0.3 is 15.0 Å². The lowest BCUT2D eigenvalue weighted by Gasteiger charge is -2.22. The summed E-state index contributed by atoms with van der Waals surface area (Å²) in [5.74, 6) is 1.14. The zero-order chi connectivity index (χ0) is 14.5. The van der Waals surface area contributed by atoms with Crippen LogP contribution in [0.25, 0.3) is 0 Å². The third-order valence-corrected chi connectivity index (χ3v) is 3.75. The Morgan fingerprint density at radius 1 is 1.30 bits per heavy atom. The van der Waals surface area contributed by atoms with Gasteiger partial charge in [0.2, 0.25) is 0 Å². The molecule has 1 fully saturated rings. The molecule has 1 amide bonds. The van der Waals surface area contributed by atoms with Gasteiger partial charge in [-0.2, -0.15) is 0 Å². The second kappa shape index (κ2) is 6.75. The number of hydrogen-bond donors (Lipinski definition) is 1. The molecule has 2 rings (SSSR count). The number of rotatable bonds is 3. The molecule has 4 nitrogen and oxygen atoms in total. The maximum absolute atomic E-state index is 12.7. The predicted octanol–water partition coefficient (Wildman–Crippen LogP) is 2.25. The third kappa shape index (κ3) is 3.31. The van der Waals surface area contributed by atoms with E-state index in [2.05, 4.69) is 19.2 Å². The number of amides is 1. The molecule has 0 aromatic heterocycles. The van der Waals surface area contributed by atoms with Crippen LogP contribution >= 0.6 is 0 Å². The van der Waals surface area contributed by atoms with Crippen LogP contribution in [0.4, 0.5) is 0 Å². The fourth-order valence-corrected chi connectivity index (χ4v) is 2.47. The van der Waals surface area contributed by atoms with Gasteiger partial charge in [0.05, 0.1) is 12.7 Å². The van der Waals surface area contributed by atoms with Crippen molar-refractivity contribution in [3.8, 4) is 5.75 Å². The molecule has 1 aromatic rings. The summed E-state index contributed by atoms with van der Waals surface area (Å²) in [5.41, 5.74) is 1.85. The van der Waals surface area contributed by atoms with E-state index < -0.39 is 0 Å². The highest BCUT2D eigenvalue weighted by molar-refractivity contribution is 5.97. The lowest BCUT2D eigenvalue weighted by Crippen LogP contribution is -2.34. The number of nitrogens with zero attached hydrogens (tertiary/aromatic N) is 1. The SMILES string of the molecule is COc1ccc(C(C)C)cc1C(=O)N1CCCNCC1. The van der Waals surface area contributed by atoms with E-state index in [-0.39, 0.29) is 5.91 Å². The first kappa shape index (κ1) is 14.9. The first-order valence-electron chi connectivity index (χ1n) is 7.31. The van der Waals surface area contributed by atoms with E-state index >= 15 is 0 Å². The lowest BCUT2D eigenvalue weighted by molar-refractivity contribution is 0.0763. The van der Waals surface area contributed by atoms with E-state index in [1.165, 1.54) is 5.56 Å². The monoisotopic (exact) mass is 276 g/mol. The van der Waals surface area contributed by atoms with Crippen molar-refractivity contribution in [2.75, 3.05) is 33.3 Å². The van der Waals surface area contributed by atoms with Crippen LogP contribution in [0.3, 0.4) is 0 Å². The summed E-state index contributed by atoms with van der Waals surface area (Å²) in [6.45, 7) is 7.66. The van der Waals surface area contributed by atoms with Gasteiger partial charge in [-0.15, -0.1) is 0 Å². The maximum atomic E-state index is 12.7.